The fraction of sp³-hybridized carbons (Fsp3) is 0.238. The highest BCUT2D eigenvalue weighted by Gasteiger charge is 2.26. The molecule has 7 nitrogen and oxygen atoms in total. The Kier molecular flexibility index (Phi) is 6.01. The standard InChI is InChI=1S/C21H21N5O2S2/c1-13(2)14-7-9-15(10-8-14)22-20-24-25-21(30-20)29-12-19(28)26-11-18(27)23-16-5-3-4-6-17(16)26/h3-10,13H,11-12H2,1-2H3,(H,22,24)(H,23,27). The third kappa shape index (κ3) is 4.63. The van der Waals surface area contributed by atoms with E-state index in [2.05, 4.69) is 46.8 Å². The van der Waals surface area contributed by atoms with Crippen molar-refractivity contribution >= 4 is 57.1 Å². The second kappa shape index (κ2) is 8.85. The molecule has 4 rings (SSSR count). The van der Waals surface area contributed by atoms with Gasteiger partial charge in [-0.1, -0.05) is 61.2 Å². The molecule has 2 N–H and O–H groups in total. The van der Waals surface area contributed by atoms with Crippen LogP contribution in [0.15, 0.2) is 52.9 Å². The number of anilines is 4. The van der Waals surface area contributed by atoms with Gasteiger partial charge in [0.25, 0.3) is 0 Å². The van der Waals surface area contributed by atoms with Crippen LogP contribution >= 0.6 is 23.1 Å². The summed E-state index contributed by atoms with van der Waals surface area (Å²) in [7, 11) is 0. The summed E-state index contributed by atoms with van der Waals surface area (Å²) >= 11 is 2.71. The highest BCUT2D eigenvalue weighted by molar-refractivity contribution is 8.01. The van der Waals surface area contributed by atoms with Crippen LogP contribution in [0.3, 0.4) is 0 Å². The average Bonchev–Trinajstić information content (AvgIpc) is 3.19. The maximum Gasteiger partial charge on any atom is 0.244 e. The first kappa shape index (κ1) is 20.4. The van der Waals surface area contributed by atoms with Crippen LogP contribution in [0.25, 0.3) is 0 Å². The van der Waals surface area contributed by atoms with Crippen molar-refractivity contribution in [3.05, 3.63) is 54.1 Å². The molecule has 2 aromatic carbocycles. The van der Waals surface area contributed by atoms with E-state index in [0.29, 0.717) is 26.8 Å². The van der Waals surface area contributed by atoms with Crippen LogP contribution in [0, 0.1) is 0 Å². The number of thioether (sulfide) groups is 1. The zero-order valence-electron chi connectivity index (χ0n) is 16.6. The molecule has 0 aliphatic carbocycles. The van der Waals surface area contributed by atoms with E-state index in [4.69, 9.17) is 0 Å². The molecular weight excluding hydrogens is 418 g/mol. The summed E-state index contributed by atoms with van der Waals surface area (Å²) < 4.78 is 0.694. The van der Waals surface area contributed by atoms with Crippen molar-refractivity contribution in [2.45, 2.75) is 24.1 Å². The molecular formula is C21H21N5O2S2. The zero-order chi connectivity index (χ0) is 21.1. The van der Waals surface area contributed by atoms with Crippen LogP contribution in [-0.2, 0) is 9.59 Å². The van der Waals surface area contributed by atoms with Gasteiger partial charge in [0.2, 0.25) is 16.9 Å². The number of aromatic nitrogens is 2. The summed E-state index contributed by atoms with van der Waals surface area (Å²) in [6.07, 6.45) is 0. The quantitative estimate of drug-likeness (QED) is 0.551. The minimum Gasteiger partial charge on any atom is -0.330 e. The molecule has 0 saturated carbocycles. The lowest BCUT2D eigenvalue weighted by Gasteiger charge is -2.28. The van der Waals surface area contributed by atoms with E-state index in [1.54, 1.807) is 6.07 Å². The first-order valence-electron chi connectivity index (χ1n) is 9.52. The lowest BCUT2D eigenvalue weighted by atomic mass is 10.0. The summed E-state index contributed by atoms with van der Waals surface area (Å²) in [5.41, 5.74) is 3.59. The van der Waals surface area contributed by atoms with Gasteiger partial charge in [0.1, 0.15) is 6.54 Å². The molecule has 30 heavy (non-hydrogen) atoms. The molecule has 0 spiro atoms. The number of nitrogens with one attached hydrogen (secondary N) is 2. The van der Waals surface area contributed by atoms with E-state index < -0.39 is 0 Å². The molecule has 2 heterocycles. The van der Waals surface area contributed by atoms with Gasteiger partial charge in [-0.3, -0.25) is 9.59 Å². The van der Waals surface area contributed by atoms with E-state index >= 15 is 0 Å². The van der Waals surface area contributed by atoms with Crippen LogP contribution in [0.5, 0.6) is 0 Å². The molecule has 0 radical (unpaired) electrons. The molecule has 1 aliphatic rings. The van der Waals surface area contributed by atoms with E-state index in [9.17, 15) is 9.59 Å². The Hall–Kier alpha value is -2.91. The number of nitrogens with zero attached hydrogens (tertiary/aromatic N) is 3. The number of rotatable bonds is 6. The molecule has 0 bridgehead atoms. The Labute approximate surface area is 182 Å². The summed E-state index contributed by atoms with van der Waals surface area (Å²) in [5, 5.41) is 15.0. The molecule has 3 aromatic rings. The number of carbonyl (C=O) groups is 2. The number of benzene rings is 2. The maximum absolute atomic E-state index is 12.7. The number of amides is 2. The van der Waals surface area contributed by atoms with Crippen LogP contribution in [-0.4, -0.2) is 34.3 Å². The molecule has 1 aliphatic heterocycles. The fourth-order valence-electron chi connectivity index (χ4n) is 3.05. The molecule has 154 valence electrons. The Morgan fingerprint density at radius 1 is 1.20 bits per heavy atom. The number of para-hydroxylation sites is 2. The molecule has 9 heteroatoms. The number of hydrogen-bond donors (Lipinski definition) is 2. The van der Waals surface area contributed by atoms with E-state index in [0.717, 1.165) is 5.69 Å². The largest absolute Gasteiger partial charge is 0.330 e. The lowest BCUT2D eigenvalue weighted by Crippen LogP contribution is -2.43. The third-order valence-electron chi connectivity index (χ3n) is 4.63. The minimum atomic E-state index is -0.196. The smallest absolute Gasteiger partial charge is 0.244 e. The van der Waals surface area contributed by atoms with Crippen LogP contribution in [0.2, 0.25) is 0 Å². The molecule has 1 aromatic heterocycles. The zero-order valence-corrected chi connectivity index (χ0v) is 18.2. The molecule has 0 fully saturated rings. The summed E-state index contributed by atoms with van der Waals surface area (Å²) in [5.74, 6) is 0.326. The first-order chi connectivity index (χ1) is 14.5. The maximum atomic E-state index is 12.7. The Bertz CT molecular complexity index is 1070. The summed E-state index contributed by atoms with van der Waals surface area (Å²) in [6.45, 7) is 4.34. The van der Waals surface area contributed by atoms with Gasteiger partial charge in [-0.25, -0.2) is 0 Å². The van der Waals surface area contributed by atoms with Gasteiger partial charge in [-0.2, -0.15) is 0 Å². The number of fused-ring (bicyclic) bond motifs is 1. The van der Waals surface area contributed by atoms with Gasteiger partial charge < -0.3 is 15.5 Å². The Balaban J connectivity index is 1.36. The molecule has 0 atom stereocenters. The van der Waals surface area contributed by atoms with Crippen molar-refractivity contribution in [3.8, 4) is 0 Å². The van der Waals surface area contributed by atoms with Crippen LogP contribution < -0.4 is 15.5 Å². The van der Waals surface area contributed by atoms with Crippen molar-refractivity contribution < 1.29 is 9.59 Å². The van der Waals surface area contributed by atoms with Crippen molar-refractivity contribution in [1.82, 2.24) is 10.2 Å². The van der Waals surface area contributed by atoms with E-state index in [1.807, 2.05) is 30.3 Å². The number of carbonyl (C=O) groups excluding carboxylic acids is 2. The molecule has 0 unspecified atom stereocenters. The van der Waals surface area contributed by atoms with Crippen LogP contribution in [0.1, 0.15) is 25.3 Å². The summed E-state index contributed by atoms with van der Waals surface area (Å²) in [6, 6.07) is 15.5. The van der Waals surface area contributed by atoms with Gasteiger partial charge in [0.15, 0.2) is 4.34 Å². The van der Waals surface area contributed by atoms with Gasteiger partial charge in [-0.15, -0.1) is 10.2 Å². The van der Waals surface area contributed by atoms with Crippen molar-refractivity contribution in [2.24, 2.45) is 0 Å². The van der Waals surface area contributed by atoms with Crippen molar-refractivity contribution in [1.29, 1.82) is 0 Å². The first-order valence-corrected chi connectivity index (χ1v) is 11.3. The SMILES string of the molecule is CC(C)c1ccc(Nc2nnc(SCC(=O)N3CC(=O)Nc4ccccc43)s2)cc1. The molecule has 2 amide bonds. The Morgan fingerprint density at radius 3 is 2.73 bits per heavy atom. The highest BCUT2D eigenvalue weighted by Crippen LogP contribution is 2.32. The number of hydrogen-bond acceptors (Lipinski definition) is 7. The van der Waals surface area contributed by atoms with E-state index in [-0.39, 0.29) is 24.1 Å². The fourth-order valence-corrected chi connectivity index (χ4v) is 4.70. The second-order valence-electron chi connectivity index (χ2n) is 7.11. The lowest BCUT2D eigenvalue weighted by molar-refractivity contribution is -0.120. The summed E-state index contributed by atoms with van der Waals surface area (Å²) in [4.78, 5) is 26.2. The predicted octanol–water partition coefficient (Wildman–Crippen LogP) is 4.48. The topological polar surface area (TPSA) is 87.2 Å². The third-order valence-corrected chi connectivity index (χ3v) is 6.58. The van der Waals surface area contributed by atoms with Gasteiger partial charge in [0.05, 0.1) is 17.1 Å². The highest BCUT2D eigenvalue weighted by atomic mass is 32.2. The molecule has 0 saturated heterocycles. The average molecular weight is 440 g/mol. The van der Waals surface area contributed by atoms with Crippen LogP contribution in [0.4, 0.5) is 22.2 Å². The van der Waals surface area contributed by atoms with Gasteiger partial charge in [0, 0.05) is 5.69 Å². The minimum absolute atomic E-state index is 0.0195. The van der Waals surface area contributed by atoms with Gasteiger partial charge >= 0.3 is 0 Å². The van der Waals surface area contributed by atoms with E-state index in [1.165, 1.54) is 33.6 Å². The monoisotopic (exact) mass is 439 g/mol. The van der Waals surface area contributed by atoms with Crippen molar-refractivity contribution in [2.75, 3.05) is 27.8 Å². The Morgan fingerprint density at radius 2 is 1.97 bits per heavy atom. The predicted molar refractivity (Wildman–Crippen MR) is 122 cm³/mol. The second-order valence-corrected chi connectivity index (χ2v) is 9.31. The van der Waals surface area contributed by atoms with Gasteiger partial charge in [-0.05, 0) is 35.7 Å². The van der Waals surface area contributed by atoms with Crippen molar-refractivity contribution in [3.63, 3.8) is 0 Å². The normalized spacial score (nSPS) is 13.2.